The summed E-state index contributed by atoms with van der Waals surface area (Å²) in [7, 11) is 0. The predicted molar refractivity (Wildman–Crippen MR) is 123 cm³/mol. The predicted octanol–water partition coefficient (Wildman–Crippen LogP) is 4.74. The van der Waals surface area contributed by atoms with Gasteiger partial charge in [-0.3, -0.25) is 4.79 Å². The number of rotatable bonds is 5. The smallest absolute Gasteiger partial charge is 0.356 e. The maximum absolute atomic E-state index is 12.8. The molecular formula is C26H33N3O3. The minimum absolute atomic E-state index is 0.0668. The molecular weight excluding hydrogens is 402 g/mol. The molecule has 2 N–H and O–H groups in total. The van der Waals surface area contributed by atoms with Crippen LogP contribution in [0.1, 0.15) is 97.0 Å². The van der Waals surface area contributed by atoms with E-state index in [4.69, 9.17) is 0 Å². The Morgan fingerprint density at radius 3 is 2.56 bits per heavy atom. The Morgan fingerprint density at radius 1 is 1.16 bits per heavy atom. The number of nitrogens with one attached hydrogen (secondary N) is 1. The van der Waals surface area contributed by atoms with E-state index >= 15 is 0 Å². The van der Waals surface area contributed by atoms with Crippen LogP contribution < -0.4 is 5.32 Å². The van der Waals surface area contributed by atoms with E-state index < -0.39 is 11.9 Å². The van der Waals surface area contributed by atoms with Crippen LogP contribution in [0.25, 0.3) is 0 Å². The molecule has 0 bridgehead atoms. The molecule has 0 aliphatic heterocycles. The minimum Gasteiger partial charge on any atom is -0.476 e. The quantitative estimate of drug-likeness (QED) is 0.708. The van der Waals surface area contributed by atoms with Crippen LogP contribution in [-0.4, -0.2) is 33.5 Å². The zero-order chi connectivity index (χ0) is 23.1. The zero-order valence-corrected chi connectivity index (χ0v) is 19.4. The molecule has 4 rings (SSSR count). The average molecular weight is 436 g/mol. The number of fused-ring (bicyclic) bond motifs is 3. The van der Waals surface area contributed by atoms with Crippen molar-refractivity contribution in [3.8, 4) is 0 Å². The van der Waals surface area contributed by atoms with Gasteiger partial charge in [0.1, 0.15) is 0 Å². The Kier molecular flexibility index (Phi) is 5.82. The van der Waals surface area contributed by atoms with Gasteiger partial charge < -0.3 is 10.4 Å². The van der Waals surface area contributed by atoms with Crippen molar-refractivity contribution in [3.05, 3.63) is 58.7 Å². The summed E-state index contributed by atoms with van der Waals surface area (Å²) in [5.74, 6) is -0.747. The Morgan fingerprint density at radius 2 is 1.88 bits per heavy atom. The van der Waals surface area contributed by atoms with Gasteiger partial charge in [-0.1, -0.05) is 52.3 Å². The molecule has 1 aromatic carbocycles. The number of carboxylic acid groups (broad SMARTS) is 1. The summed E-state index contributed by atoms with van der Waals surface area (Å²) >= 11 is 0. The van der Waals surface area contributed by atoms with E-state index in [1.54, 1.807) is 0 Å². The molecule has 0 saturated heterocycles. The van der Waals surface area contributed by atoms with Gasteiger partial charge in [-0.2, -0.15) is 0 Å². The first kappa shape index (κ1) is 22.4. The third kappa shape index (κ3) is 3.80. The fraction of sp³-hybridized carbons (Fsp3) is 0.538. The van der Waals surface area contributed by atoms with Crippen LogP contribution in [0.3, 0.4) is 0 Å². The molecule has 6 heteroatoms. The van der Waals surface area contributed by atoms with Crippen molar-refractivity contribution >= 4 is 11.9 Å². The molecule has 2 aliphatic carbocycles. The molecule has 1 amide bonds. The molecule has 1 aromatic heterocycles. The van der Waals surface area contributed by atoms with E-state index in [1.807, 2.05) is 0 Å². The number of amides is 1. The number of hydrogen-bond donors (Lipinski definition) is 2. The molecule has 170 valence electrons. The number of hydrogen-bond acceptors (Lipinski definition) is 4. The maximum atomic E-state index is 12.8. The van der Waals surface area contributed by atoms with Gasteiger partial charge in [-0.25, -0.2) is 14.8 Å². The first-order valence-electron chi connectivity index (χ1n) is 11.6. The summed E-state index contributed by atoms with van der Waals surface area (Å²) in [4.78, 5) is 32.0. The van der Waals surface area contributed by atoms with Crippen molar-refractivity contribution in [2.75, 3.05) is 6.54 Å². The third-order valence-corrected chi connectivity index (χ3v) is 7.94. The van der Waals surface area contributed by atoms with E-state index in [9.17, 15) is 14.7 Å². The van der Waals surface area contributed by atoms with Gasteiger partial charge in [0.15, 0.2) is 11.4 Å². The SMILES string of the molecule is CC(C)c1ccc2c(c1)CC[C@H]1[C@](C)(CNC(=O)c3nccnc3C(=O)O)CCC[C@]21C. The van der Waals surface area contributed by atoms with Crippen molar-refractivity contribution < 1.29 is 14.7 Å². The molecule has 0 spiro atoms. The van der Waals surface area contributed by atoms with Crippen molar-refractivity contribution in [1.82, 2.24) is 15.3 Å². The average Bonchev–Trinajstić information content (AvgIpc) is 2.77. The minimum atomic E-state index is -1.25. The fourth-order valence-electron chi connectivity index (χ4n) is 6.24. The first-order valence-corrected chi connectivity index (χ1v) is 11.6. The maximum Gasteiger partial charge on any atom is 0.356 e. The van der Waals surface area contributed by atoms with Crippen LogP contribution >= 0.6 is 0 Å². The molecule has 32 heavy (non-hydrogen) atoms. The normalized spacial score (nSPS) is 26.8. The fourth-order valence-corrected chi connectivity index (χ4v) is 6.24. The Bertz CT molecular complexity index is 1050. The molecule has 1 saturated carbocycles. The number of benzene rings is 1. The highest BCUT2D eigenvalue weighted by Gasteiger charge is 2.51. The largest absolute Gasteiger partial charge is 0.476 e. The lowest BCUT2D eigenvalue weighted by Gasteiger charge is -2.55. The molecule has 0 radical (unpaired) electrons. The summed E-state index contributed by atoms with van der Waals surface area (Å²) in [5.41, 5.74) is 3.93. The third-order valence-electron chi connectivity index (χ3n) is 7.94. The van der Waals surface area contributed by atoms with Gasteiger partial charge in [0, 0.05) is 18.9 Å². The number of carbonyl (C=O) groups excluding carboxylic acids is 1. The lowest BCUT2D eigenvalue weighted by molar-refractivity contribution is 0.0253. The van der Waals surface area contributed by atoms with E-state index in [0.29, 0.717) is 18.4 Å². The second-order valence-corrected chi connectivity index (χ2v) is 10.3. The van der Waals surface area contributed by atoms with E-state index in [0.717, 1.165) is 32.1 Å². The number of nitrogens with zero attached hydrogens (tertiary/aromatic N) is 2. The Hall–Kier alpha value is -2.76. The lowest BCUT2D eigenvalue weighted by atomic mass is 9.49. The van der Waals surface area contributed by atoms with E-state index in [1.165, 1.54) is 29.1 Å². The number of aromatic carboxylic acids is 1. The van der Waals surface area contributed by atoms with Crippen LogP contribution in [0, 0.1) is 11.3 Å². The van der Waals surface area contributed by atoms with Gasteiger partial charge in [-0.05, 0) is 65.0 Å². The summed E-state index contributed by atoms with van der Waals surface area (Å²) in [6, 6.07) is 7.03. The molecule has 2 aromatic rings. The molecule has 2 aliphatic rings. The van der Waals surface area contributed by atoms with Crippen molar-refractivity contribution in [3.63, 3.8) is 0 Å². The summed E-state index contributed by atoms with van der Waals surface area (Å²) in [5, 5.41) is 12.3. The summed E-state index contributed by atoms with van der Waals surface area (Å²) in [6.07, 6.45) is 8.11. The van der Waals surface area contributed by atoms with Crippen molar-refractivity contribution in [2.45, 2.75) is 71.1 Å². The Balaban J connectivity index is 1.57. The highest BCUT2D eigenvalue weighted by molar-refractivity contribution is 6.01. The van der Waals surface area contributed by atoms with Crippen LogP contribution in [0.15, 0.2) is 30.6 Å². The van der Waals surface area contributed by atoms with Gasteiger partial charge in [-0.15, -0.1) is 0 Å². The van der Waals surface area contributed by atoms with Crippen LogP contribution in [0.4, 0.5) is 0 Å². The van der Waals surface area contributed by atoms with Crippen LogP contribution in [0.5, 0.6) is 0 Å². The molecule has 1 heterocycles. The standard InChI is InChI=1S/C26H33N3O3/c1-16(2)17-6-8-19-18(14-17)7-9-20-25(3,10-5-11-26(19,20)4)15-29-23(30)21-22(24(31)32)28-13-12-27-21/h6,8,12-14,16,20H,5,7,9-11,15H2,1-4H3,(H,29,30)(H,31,32)/t20-,25-,26+/m0/s1. The molecule has 1 fully saturated rings. The highest BCUT2D eigenvalue weighted by Crippen LogP contribution is 2.57. The number of carboxylic acids is 1. The van der Waals surface area contributed by atoms with Gasteiger partial charge >= 0.3 is 5.97 Å². The first-order chi connectivity index (χ1) is 15.2. The summed E-state index contributed by atoms with van der Waals surface area (Å²) in [6.45, 7) is 9.65. The second-order valence-electron chi connectivity index (χ2n) is 10.3. The number of aromatic nitrogens is 2. The molecule has 0 unspecified atom stereocenters. The van der Waals surface area contributed by atoms with Crippen molar-refractivity contribution in [1.29, 1.82) is 0 Å². The topological polar surface area (TPSA) is 92.2 Å². The highest BCUT2D eigenvalue weighted by atomic mass is 16.4. The number of carbonyl (C=O) groups is 2. The van der Waals surface area contributed by atoms with Crippen LogP contribution in [-0.2, 0) is 11.8 Å². The summed E-state index contributed by atoms with van der Waals surface area (Å²) < 4.78 is 0. The Labute approximate surface area is 189 Å². The lowest BCUT2D eigenvalue weighted by Crippen LogP contribution is -2.53. The van der Waals surface area contributed by atoms with Crippen molar-refractivity contribution in [2.24, 2.45) is 11.3 Å². The second kappa shape index (κ2) is 8.30. The van der Waals surface area contributed by atoms with Gasteiger partial charge in [0.2, 0.25) is 0 Å². The monoisotopic (exact) mass is 435 g/mol. The van der Waals surface area contributed by atoms with Gasteiger partial charge in [0.05, 0.1) is 0 Å². The van der Waals surface area contributed by atoms with Gasteiger partial charge in [0.25, 0.3) is 5.91 Å². The van der Waals surface area contributed by atoms with Crippen LogP contribution in [0.2, 0.25) is 0 Å². The number of aryl methyl sites for hydroxylation is 1. The van der Waals surface area contributed by atoms with E-state index in [2.05, 4.69) is 61.2 Å². The zero-order valence-electron chi connectivity index (χ0n) is 19.4. The molecule has 3 atom stereocenters. The molecule has 6 nitrogen and oxygen atoms in total. The van der Waals surface area contributed by atoms with E-state index in [-0.39, 0.29) is 22.2 Å².